The lowest BCUT2D eigenvalue weighted by Gasteiger charge is -2.39. The average molecular weight is 405 g/mol. The van der Waals surface area contributed by atoms with Crippen LogP contribution in [0.15, 0.2) is 60.7 Å². The predicted molar refractivity (Wildman–Crippen MR) is 113 cm³/mol. The number of carbonyl (C=O) groups is 3. The average Bonchev–Trinajstić information content (AvgIpc) is 3.01. The molecule has 2 saturated heterocycles. The van der Waals surface area contributed by atoms with Crippen molar-refractivity contribution in [1.82, 2.24) is 14.7 Å². The van der Waals surface area contributed by atoms with Gasteiger partial charge in [-0.15, -0.1) is 0 Å². The Morgan fingerprint density at radius 3 is 2.23 bits per heavy atom. The van der Waals surface area contributed by atoms with Gasteiger partial charge in [0.05, 0.1) is 0 Å². The number of rotatable bonds is 5. The first-order valence-electron chi connectivity index (χ1n) is 10.6. The quantitative estimate of drug-likeness (QED) is 0.765. The van der Waals surface area contributed by atoms with Crippen LogP contribution in [0.4, 0.5) is 0 Å². The van der Waals surface area contributed by atoms with E-state index in [-0.39, 0.29) is 24.3 Å². The van der Waals surface area contributed by atoms with Gasteiger partial charge in [0, 0.05) is 32.6 Å². The number of aryl methyl sites for hydroxylation is 1. The van der Waals surface area contributed by atoms with Gasteiger partial charge in [-0.05, 0) is 24.0 Å². The minimum atomic E-state index is -0.470. The van der Waals surface area contributed by atoms with E-state index in [0.717, 1.165) is 11.1 Å². The van der Waals surface area contributed by atoms with Crippen molar-refractivity contribution in [3.05, 3.63) is 71.8 Å². The zero-order valence-electron chi connectivity index (χ0n) is 17.1. The van der Waals surface area contributed by atoms with Crippen LogP contribution in [0.2, 0.25) is 0 Å². The van der Waals surface area contributed by atoms with Crippen molar-refractivity contribution in [2.75, 3.05) is 26.2 Å². The largest absolute Gasteiger partial charge is 0.341 e. The van der Waals surface area contributed by atoms with Crippen LogP contribution in [0, 0.1) is 0 Å². The molecule has 0 bridgehead atoms. The molecule has 30 heavy (non-hydrogen) atoms. The van der Waals surface area contributed by atoms with E-state index in [9.17, 15) is 14.4 Å². The molecule has 2 aromatic rings. The molecule has 156 valence electrons. The molecule has 2 aliphatic heterocycles. The third-order valence-corrected chi connectivity index (χ3v) is 5.94. The van der Waals surface area contributed by atoms with Crippen molar-refractivity contribution in [1.29, 1.82) is 0 Å². The van der Waals surface area contributed by atoms with Crippen molar-refractivity contribution in [2.45, 2.75) is 31.8 Å². The number of nitrogens with zero attached hydrogens (tertiary/aromatic N) is 3. The van der Waals surface area contributed by atoms with Gasteiger partial charge in [0.2, 0.25) is 17.7 Å². The van der Waals surface area contributed by atoms with Gasteiger partial charge in [0.25, 0.3) is 0 Å². The Balaban J connectivity index is 1.37. The third-order valence-electron chi connectivity index (χ3n) is 5.94. The maximum Gasteiger partial charge on any atom is 0.246 e. The first-order valence-corrected chi connectivity index (χ1v) is 10.6. The van der Waals surface area contributed by atoms with Crippen LogP contribution >= 0.6 is 0 Å². The zero-order chi connectivity index (χ0) is 20.9. The monoisotopic (exact) mass is 405 g/mol. The topological polar surface area (TPSA) is 60.9 Å². The van der Waals surface area contributed by atoms with Gasteiger partial charge < -0.3 is 14.7 Å². The van der Waals surface area contributed by atoms with Gasteiger partial charge in [-0.25, -0.2) is 0 Å². The number of carbonyl (C=O) groups excluding carboxylic acids is 3. The molecule has 1 atom stereocenters. The van der Waals surface area contributed by atoms with Crippen LogP contribution in [-0.2, 0) is 27.3 Å². The number of benzene rings is 2. The second-order valence-electron chi connectivity index (χ2n) is 7.94. The van der Waals surface area contributed by atoms with Crippen molar-refractivity contribution in [3.8, 4) is 0 Å². The fourth-order valence-electron chi connectivity index (χ4n) is 4.27. The number of hydrogen-bond donors (Lipinski definition) is 0. The summed E-state index contributed by atoms with van der Waals surface area (Å²) in [5.41, 5.74) is 2.15. The first-order chi connectivity index (χ1) is 14.6. The molecule has 6 nitrogen and oxygen atoms in total. The van der Waals surface area contributed by atoms with Crippen LogP contribution in [0.1, 0.15) is 24.0 Å². The van der Waals surface area contributed by atoms with Crippen molar-refractivity contribution in [3.63, 3.8) is 0 Å². The number of piperazine rings is 1. The summed E-state index contributed by atoms with van der Waals surface area (Å²) in [6.45, 7) is 1.96. The Morgan fingerprint density at radius 2 is 1.53 bits per heavy atom. The maximum absolute atomic E-state index is 13.1. The van der Waals surface area contributed by atoms with Crippen LogP contribution in [0.5, 0.6) is 0 Å². The van der Waals surface area contributed by atoms with Gasteiger partial charge in [-0.2, -0.15) is 0 Å². The highest BCUT2D eigenvalue weighted by molar-refractivity contribution is 5.95. The Kier molecular flexibility index (Phi) is 6.12. The molecule has 2 heterocycles. The number of hydrogen-bond acceptors (Lipinski definition) is 3. The lowest BCUT2D eigenvalue weighted by Crippen LogP contribution is -2.59. The van der Waals surface area contributed by atoms with Crippen LogP contribution in [0.3, 0.4) is 0 Å². The number of fused-ring (bicyclic) bond motifs is 1. The maximum atomic E-state index is 13.1. The van der Waals surface area contributed by atoms with Crippen LogP contribution in [-0.4, -0.2) is 64.6 Å². The lowest BCUT2D eigenvalue weighted by atomic mass is 10.1. The molecule has 1 unspecified atom stereocenters. The Labute approximate surface area is 177 Å². The third kappa shape index (κ3) is 4.53. The Morgan fingerprint density at radius 1 is 0.867 bits per heavy atom. The smallest absolute Gasteiger partial charge is 0.246 e. The summed E-state index contributed by atoms with van der Waals surface area (Å²) < 4.78 is 0. The van der Waals surface area contributed by atoms with Crippen LogP contribution < -0.4 is 0 Å². The molecule has 0 saturated carbocycles. The van der Waals surface area contributed by atoms with Gasteiger partial charge in [0.1, 0.15) is 12.6 Å². The summed E-state index contributed by atoms with van der Waals surface area (Å²) in [5, 5.41) is 0. The van der Waals surface area contributed by atoms with E-state index in [4.69, 9.17) is 0 Å². The molecule has 0 radical (unpaired) electrons. The standard InChI is InChI=1S/C24H27N3O3/c28-22(12-11-19-7-3-1-4-8-19)25-14-13-21-24(30)26(17-20-9-5-2-6-10-20)18-23(29)27(21)16-15-25/h1-10,21H,11-18H2. The highest BCUT2D eigenvalue weighted by Crippen LogP contribution is 2.21. The first kappa shape index (κ1) is 20.1. The lowest BCUT2D eigenvalue weighted by molar-refractivity contribution is -0.156. The summed E-state index contributed by atoms with van der Waals surface area (Å²) in [5.74, 6) is 0.0332. The van der Waals surface area contributed by atoms with E-state index in [1.807, 2.05) is 65.6 Å². The van der Waals surface area contributed by atoms with Gasteiger partial charge in [-0.1, -0.05) is 60.7 Å². The number of amides is 3. The van der Waals surface area contributed by atoms with E-state index in [0.29, 0.717) is 45.4 Å². The molecule has 2 aliphatic rings. The van der Waals surface area contributed by atoms with Gasteiger partial charge >= 0.3 is 0 Å². The molecule has 0 N–H and O–H groups in total. The molecule has 2 aromatic carbocycles. The second kappa shape index (κ2) is 9.11. The predicted octanol–water partition coefficient (Wildman–Crippen LogP) is 2.09. The van der Waals surface area contributed by atoms with E-state index in [1.54, 1.807) is 9.80 Å². The van der Waals surface area contributed by atoms with Crippen molar-refractivity contribution >= 4 is 17.7 Å². The molecule has 0 spiro atoms. The molecule has 4 rings (SSSR count). The summed E-state index contributed by atoms with van der Waals surface area (Å²) in [6.07, 6.45) is 1.63. The van der Waals surface area contributed by atoms with Gasteiger partial charge in [-0.3, -0.25) is 14.4 Å². The fourth-order valence-corrected chi connectivity index (χ4v) is 4.27. The summed E-state index contributed by atoms with van der Waals surface area (Å²) in [6, 6.07) is 19.2. The van der Waals surface area contributed by atoms with Crippen molar-refractivity contribution in [2.24, 2.45) is 0 Å². The SMILES string of the molecule is O=C(CCc1ccccc1)N1CCC2C(=O)N(Cc3ccccc3)CC(=O)N2CC1. The fraction of sp³-hybridized carbons (Fsp3) is 0.375. The summed E-state index contributed by atoms with van der Waals surface area (Å²) in [7, 11) is 0. The summed E-state index contributed by atoms with van der Waals surface area (Å²) >= 11 is 0. The van der Waals surface area contributed by atoms with Crippen LogP contribution in [0.25, 0.3) is 0 Å². The molecular weight excluding hydrogens is 378 g/mol. The highest BCUT2D eigenvalue weighted by Gasteiger charge is 2.40. The Hall–Kier alpha value is -3.15. The van der Waals surface area contributed by atoms with Crippen molar-refractivity contribution < 1.29 is 14.4 Å². The summed E-state index contributed by atoms with van der Waals surface area (Å²) in [4.78, 5) is 43.7. The minimum Gasteiger partial charge on any atom is -0.341 e. The molecular formula is C24H27N3O3. The molecule has 0 aliphatic carbocycles. The van der Waals surface area contributed by atoms with E-state index >= 15 is 0 Å². The zero-order valence-corrected chi connectivity index (χ0v) is 17.1. The minimum absolute atomic E-state index is 0.0166. The molecule has 3 amide bonds. The molecule has 2 fully saturated rings. The highest BCUT2D eigenvalue weighted by atomic mass is 16.2. The molecule has 6 heteroatoms. The van der Waals surface area contributed by atoms with Gasteiger partial charge in [0.15, 0.2) is 0 Å². The molecule has 0 aromatic heterocycles. The van der Waals surface area contributed by atoms with E-state index in [1.165, 1.54) is 0 Å². The Bertz CT molecular complexity index is 900. The van der Waals surface area contributed by atoms with E-state index < -0.39 is 6.04 Å². The normalized spacial score (nSPS) is 19.5. The van der Waals surface area contributed by atoms with E-state index in [2.05, 4.69) is 0 Å². The second-order valence-corrected chi connectivity index (χ2v) is 7.94.